The van der Waals surface area contributed by atoms with E-state index in [-0.39, 0.29) is 6.10 Å². The maximum atomic E-state index is 14.7. The number of nitrogens with zero attached hydrogens (tertiary/aromatic N) is 2. The van der Waals surface area contributed by atoms with Gasteiger partial charge in [0.15, 0.2) is 0 Å². The van der Waals surface area contributed by atoms with Gasteiger partial charge in [0.05, 0.1) is 25.9 Å². The molecule has 2 aromatic rings. The van der Waals surface area contributed by atoms with Crippen molar-refractivity contribution in [2.75, 3.05) is 38.7 Å². The summed E-state index contributed by atoms with van der Waals surface area (Å²) in [5.41, 5.74) is 3.28. The summed E-state index contributed by atoms with van der Waals surface area (Å²) in [7, 11) is 1.71. The third kappa shape index (κ3) is 6.42. The average Bonchev–Trinajstić information content (AvgIpc) is 3.39. The van der Waals surface area contributed by atoms with E-state index >= 15 is 0 Å². The molecule has 1 aromatic heterocycles. The van der Waals surface area contributed by atoms with Crippen molar-refractivity contribution in [1.29, 1.82) is 0 Å². The Balaban J connectivity index is 1.14. The summed E-state index contributed by atoms with van der Waals surface area (Å²) < 4.78 is 32.3. The number of aliphatic carboxylic acids is 1. The van der Waals surface area contributed by atoms with Crippen LogP contribution in [0.3, 0.4) is 0 Å². The van der Waals surface area contributed by atoms with Gasteiger partial charge in [-0.3, -0.25) is 9.69 Å². The van der Waals surface area contributed by atoms with Gasteiger partial charge in [-0.25, -0.2) is 9.37 Å². The second-order valence-corrected chi connectivity index (χ2v) is 11.7. The molecule has 1 unspecified atom stereocenters. The van der Waals surface area contributed by atoms with Crippen LogP contribution in [0.5, 0.6) is 5.75 Å². The number of carboxylic acids is 1. The molecule has 2 N–H and O–H groups in total. The highest BCUT2D eigenvalue weighted by molar-refractivity contribution is 5.76. The molecule has 5 rings (SSSR count). The minimum atomic E-state index is -1.50. The number of aromatic nitrogens is 1. The van der Waals surface area contributed by atoms with E-state index in [9.17, 15) is 14.3 Å². The zero-order valence-corrected chi connectivity index (χ0v) is 23.9. The van der Waals surface area contributed by atoms with Crippen molar-refractivity contribution in [3.8, 4) is 5.75 Å². The van der Waals surface area contributed by atoms with Gasteiger partial charge < -0.3 is 24.6 Å². The van der Waals surface area contributed by atoms with Crippen LogP contribution in [0.1, 0.15) is 73.5 Å². The standard InChI is InChI=1S/C31H42FN3O5/c1-31(2,32)27-17-25-20(19-40-27)8-6-10-23(25)28(30(36)37)35-14-12-22(18-35)39-15-5-4-9-21-16-26(38-3)24-11-7-13-33-29(24)34-21/h6,8,10,16,22,27-28H,4-5,7,9,11-15,17-19H2,1-3H3,(H,33,34)(H,36,37)/t22-,27?,28+/m1/s1. The van der Waals surface area contributed by atoms with E-state index in [1.165, 1.54) is 19.4 Å². The first-order valence-electron chi connectivity index (χ1n) is 14.5. The SMILES string of the molecule is COc1cc(CCCCO[C@@H]2CCN([C@H](C(=O)O)c3cccc4c3CC(C(C)(C)F)OC4)C2)nc2c1CCCN2. The van der Waals surface area contributed by atoms with Crippen LogP contribution in [0, 0.1) is 0 Å². The van der Waals surface area contributed by atoms with Gasteiger partial charge in [-0.1, -0.05) is 18.2 Å². The van der Waals surface area contributed by atoms with Crippen molar-refractivity contribution in [3.05, 3.63) is 52.2 Å². The maximum absolute atomic E-state index is 14.7. The fourth-order valence-corrected chi connectivity index (χ4v) is 6.21. The number of anilines is 1. The first kappa shape index (κ1) is 28.8. The summed E-state index contributed by atoms with van der Waals surface area (Å²) in [6.07, 6.45) is 5.34. The van der Waals surface area contributed by atoms with Crippen molar-refractivity contribution < 1.29 is 28.5 Å². The number of nitrogens with one attached hydrogen (secondary N) is 1. The number of benzene rings is 1. The van der Waals surface area contributed by atoms with Crippen molar-refractivity contribution >= 4 is 11.8 Å². The Kier molecular flexibility index (Phi) is 8.92. The van der Waals surface area contributed by atoms with E-state index in [4.69, 9.17) is 19.2 Å². The fraction of sp³-hybridized carbons (Fsp3) is 0.613. The van der Waals surface area contributed by atoms with Gasteiger partial charge >= 0.3 is 5.97 Å². The highest BCUT2D eigenvalue weighted by atomic mass is 19.1. The number of alkyl halides is 1. The van der Waals surface area contributed by atoms with E-state index in [0.29, 0.717) is 32.7 Å². The normalized spacial score (nSPS) is 21.8. The predicted molar refractivity (Wildman–Crippen MR) is 151 cm³/mol. The van der Waals surface area contributed by atoms with Gasteiger partial charge in [-0.15, -0.1) is 0 Å². The third-order valence-electron chi connectivity index (χ3n) is 8.41. The lowest BCUT2D eigenvalue weighted by molar-refractivity contribution is -0.143. The molecule has 40 heavy (non-hydrogen) atoms. The molecule has 0 spiro atoms. The number of rotatable bonds is 11. The Bertz CT molecular complexity index is 1180. The molecule has 0 radical (unpaired) electrons. The topological polar surface area (TPSA) is 93.2 Å². The number of methoxy groups -OCH3 is 1. The van der Waals surface area contributed by atoms with Crippen molar-refractivity contribution in [2.24, 2.45) is 0 Å². The number of unbranched alkanes of at least 4 members (excludes halogenated alkanes) is 1. The minimum absolute atomic E-state index is 0.00610. The number of carboxylic acid groups (broad SMARTS) is 1. The van der Waals surface area contributed by atoms with E-state index in [2.05, 4.69) is 11.4 Å². The lowest BCUT2D eigenvalue weighted by atomic mass is 9.86. The first-order chi connectivity index (χ1) is 19.2. The van der Waals surface area contributed by atoms with Crippen LogP contribution in [0.4, 0.5) is 10.2 Å². The number of pyridine rings is 1. The van der Waals surface area contributed by atoms with E-state index in [1.54, 1.807) is 7.11 Å². The van der Waals surface area contributed by atoms with Gasteiger partial charge in [0.1, 0.15) is 23.3 Å². The lowest BCUT2D eigenvalue weighted by Gasteiger charge is -2.35. The maximum Gasteiger partial charge on any atom is 0.325 e. The molecule has 218 valence electrons. The zero-order chi connectivity index (χ0) is 28.3. The molecular formula is C31H42FN3O5. The molecule has 8 nitrogen and oxygen atoms in total. The quantitative estimate of drug-likeness (QED) is 0.379. The van der Waals surface area contributed by atoms with Crippen LogP contribution in [0.15, 0.2) is 24.3 Å². The van der Waals surface area contributed by atoms with Crippen molar-refractivity contribution in [2.45, 2.75) is 89.3 Å². The van der Waals surface area contributed by atoms with Gasteiger partial charge in [0.25, 0.3) is 0 Å². The summed E-state index contributed by atoms with van der Waals surface area (Å²) in [5, 5.41) is 13.6. The van der Waals surface area contributed by atoms with Crippen molar-refractivity contribution in [3.63, 3.8) is 0 Å². The third-order valence-corrected chi connectivity index (χ3v) is 8.41. The second-order valence-electron chi connectivity index (χ2n) is 11.7. The number of fused-ring (bicyclic) bond motifs is 2. The van der Waals surface area contributed by atoms with Gasteiger partial charge in [0.2, 0.25) is 0 Å². The summed E-state index contributed by atoms with van der Waals surface area (Å²) in [6.45, 7) is 6.10. The largest absolute Gasteiger partial charge is 0.496 e. The Morgan fingerprint density at radius 2 is 2.17 bits per heavy atom. The summed E-state index contributed by atoms with van der Waals surface area (Å²) in [4.78, 5) is 19.3. The van der Waals surface area contributed by atoms with Crippen LogP contribution in [-0.4, -0.2) is 72.2 Å². The molecule has 0 saturated carbocycles. The molecule has 3 aliphatic rings. The van der Waals surface area contributed by atoms with Crippen LogP contribution in [0.2, 0.25) is 0 Å². The van der Waals surface area contributed by atoms with Crippen LogP contribution >= 0.6 is 0 Å². The molecule has 4 heterocycles. The monoisotopic (exact) mass is 555 g/mol. The molecule has 3 aliphatic heterocycles. The number of ether oxygens (including phenoxy) is 3. The number of hydrogen-bond acceptors (Lipinski definition) is 7. The first-order valence-corrected chi connectivity index (χ1v) is 14.5. The molecular weight excluding hydrogens is 513 g/mol. The van der Waals surface area contributed by atoms with Crippen LogP contribution < -0.4 is 10.1 Å². The number of carbonyl (C=O) groups is 1. The number of halogens is 1. The minimum Gasteiger partial charge on any atom is -0.496 e. The van der Waals surface area contributed by atoms with Gasteiger partial charge in [-0.05, 0) is 69.1 Å². The second kappa shape index (κ2) is 12.4. The average molecular weight is 556 g/mol. The molecule has 1 aromatic carbocycles. The highest BCUT2D eigenvalue weighted by Crippen LogP contribution is 2.36. The summed E-state index contributed by atoms with van der Waals surface area (Å²) in [6, 6.07) is 6.96. The zero-order valence-electron chi connectivity index (χ0n) is 23.9. The Morgan fingerprint density at radius 1 is 1.32 bits per heavy atom. The molecule has 0 bridgehead atoms. The number of aryl methyl sites for hydroxylation is 1. The molecule has 0 amide bonds. The van der Waals surface area contributed by atoms with E-state index in [1.807, 2.05) is 23.1 Å². The molecule has 9 heteroatoms. The molecule has 1 fully saturated rings. The Morgan fingerprint density at radius 3 is 2.95 bits per heavy atom. The highest BCUT2D eigenvalue weighted by Gasteiger charge is 2.39. The Labute approximate surface area is 236 Å². The fourth-order valence-electron chi connectivity index (χ4n) is 6.21. The smallest absolute Gasteiger partial charge is 0.325 e. The molecule has 0 aliphatic carbocycles. The van der Waals surface area contributed by atoms with Gasteiger partial charge in [0, 0.05) is 50.0 Å². The summed E-state index contributed by atoms with van der Waals surface area (Å²) in [5.74, 6) is 0.977. The van der Waals surface area contributed by atoms with Crippen LogP contribution in [0.25, 0.3) is 0 Å². The lowest BCUT2D eigenvalue weighted by Crippen LogP contribution is -2.40. The number of likely N-dealkylation sites (tertiary alicyclic amines) is 1. The van der Waals surface area contributed by atoms with Crippen molar-refractivity contribution in [1.82, 2.24) is 9.88 Å². The van der Waals surface area contributed by atoms with E-state index in [0.717, 1.165) is 79.0 Å². The predicted octanol–water partition coefficient (Wildman–Crippen LogP) is 4.88. The number of hydrogen-bond donors (Lipinski definition) is 2. The van der Waals surface area contributed by atoms with E-state index < -0.39 is 23.8 Å². The molecule has 3 atom stereocenters. The Hall–Kier alpha value is -2.75. The van der Waals surface area contributed by atoms with Crippen LogP contribution in [-0.2, 0) is 40.1 Å². The van der Waals surface area contributed by atoms with Gasteiger partial charge in [-0.2, -0.15) is 0 Å². The summed E-state index contributed by atoms with van der Waals surface area (Å²) >= 11 is 0. The molecule has 1 saturated heterocycles.